The summed E-state index contributed by atoms with van der Waals surface area (Å²) in [7, 11) is 0. The fourth-order valence-corrected chi connectivity index (χ4v) is 3.59. The van der Waals surface area contributed by atoms with Crippen molar-refractivity contribution >= 4 is 5.91 Å². The molecule has 3 rings (SSSR count). The standard InChI is InChI=1S/C18H26N2O/c21-18(20-17-9-2-1-3-10-17)15-7-4-6-14(12-15)16-8-5-11-19-13-16/h4,6-7,12,16-17,19H,1-3,5,8-11,13H2,(H,20,21). The van der Waals surface area contributed by atoms with Crippen molar-refractivity contribution in [2.24, 2.45) is 0 Å². The molecular weight excluding hydrogens is 260 g/mol. The maximum absolute atomic E-state index is 12.4. The second kappa shape index (κ2) is 7.08. The summed E-state index contributed by atoms with van der Waals surface area (Å²) in [5.41, 5.74) is 2.13. The van der Waals surface area contributed by atoms with Crippen LogP contribution >= 0.6 is 0 Å². The molecule has 1 aliphatic carbocycles. The van der Waals surface area contributed by atoms with Crippen LogP contribution in [0.5, 0.6) is 0 Å². The number of benzene rings is 1. The molecule has 2 N–H and O–H groups in total. The average Bonchev–Trinajstić information content (AvgIpc) is 2.57. The van der Waals surface area contributed by atoms with Gasteiger partial charge in [0.1, 0.15) is 0 Å². The van der Waals surface area contributed by atoms with E-state index in [1.165, 1.54) is 37.7 Å². The zero-order valence-corrected chi connectivity index (χ0v) is 12.7. The first-order valence-electron chi connectivity index (χ1n) is 8.44. The van der Waals surface area contributed by atoms with Crippen molar-refractivity contribution in [3.63, 3.8) is 0 Å². The molecule has 2 aliphatic rings. The zero-order valence-electron chi connectivity index (χ0n) is 12.7. The van der Waals surface area contributed by atoms with Crippen LogP contribution in [0.1, 0.15) is 66.8 Å². The molecule has 1 aromatic carbocycles. The average molecular weight is 286 g/mol. The van der Waals surface area contributed by atoms with Crippen LogP contribution in [0.3, 0.4) is 0 Å². The Balaban J connectivity index is 1.65. The van der Waals surface area contributed by atoms with Crippen molar-refractivity contribution in [2.75, 3.05) is 13.1 Å². The van der Waals surface area contributed by atoms with Gasteiger partial charge in [-0.15, -0.1) is 0 Å². The highest BCUT2D eigenvalue weighted by Crippen LogP contribution is 2.24. The van der Waals surface area contributed by atoms with Crippen LogP contribution in [-0.2, 0) is 0 Å². The summed E-state index contributed by atoms with van der Waals surface area (Å²) in [6.45, 7) is 2.16. The zero-order chi connectivity index (χ0) is 14.5. The Bertz CT molecular complexity index is 474. The lowest BCUT2D eigenvalue weighted by atomic mass is 9.90. The number of piperidine rings is 1. The summed E-state index contributed by atoms with van der Waals surface area (Å²) in [5.74, 6) is 0.661. The Labute approximate surface area is 127 Å². The van der Waals surface area contributed by atoms with Gasteiger partial charge in [-0.05, 0) is 55.8 Å². The second-order valence-electron chi connectivity index (χ2n) is 6.48. The van der Waals surface area contributed by atoms with Crippen molar-refractivity contribution in [1.29, 1.82) is 0 Å². The van der Waals surface area contributed by atoms with Gasteiger partial charge in [0.2, 0.25) is 0 Å². The molecule has 2 fully saturated rings. The van der Waals surface area contributed by atoms with Crippen LogP contribution in [-0.4, -0.2) is 25.0 Å². The number of carbonyl (C=O) groups excluding carboxylic acids is 1. The van der Waals surface area contributed by atoms with Gasteiger partial charge >= 0.3 is 0 Å². The molecule has 1 saturated heterocycles. The van der Waals surface area contributed by atoms with E-state index < -0.39 is 0 Å². The predicted molar refractivity (Wildman–Crippen MR) is 85.6 cm³/mol. The highest BCUT2D eigenvalue weighted by atomic mass is 16.1. The minimum atomic E-state index is 0.104. The summed E-state index contributed by atoms with van der Waals surface area (Å²) in [5, 5.41) is 6.66. The summed E-state index contributed by atoms with van der Waals surface area (Å²) in [4.78, 5) is 12.4. The lowest BCUT2D eigenvalue weighted by Gasteiger charge is -2.24. The van der Waals surface area contributed by atoms with Crippen molar-refractivity contribution in [3.8, 4) is 0 Å². The van der Waals surface area contributed by atoms with Gasteiger partial charge in [0, 0.05) is 18.2 Å². The molecular formula is C18H26N2O. The molecule has 3 heteroatoms. The van der Waals surface area contributed by atoms with Crippen molar-refractivity contribution in [3.05, 3.63) is 35.4 Å². The molecule has 1 heterocycles. The smallest absolute Gasteiger partial charge is 0.251 e. The number of amides is 1. The van der Waals surface area contributed by atoms with E-state index in [1.54, 1.807) is 0 Å². The molecule has 114 valence electrons. The number of carbonyl (C=O) groups is 1. The molecule has 1 unspecified atom stereocenters. The van der Waals surface area contributed by atoms with Gasteiger partial charge < -0.3 is 10.6 Å². The summed E-state index contributed by atoms with van der Waals surface area (Å²) < 4.78 is 0. The van der Waals surface area contributed by atoms with Crippen LogP contribution in [0.15, 0.2) is 24.3 Å². The Morgan fingerprint density at radius 3 is 2.71 bits per heavy atom. The summed E-state index contributed by atoms with van der Waals surface area (Å²) in [6, 6.07) is 8.61. The van der Waals surface area contributed by atoms with Crippen LogP contribution < -0.4 is 10.6 Å². The normalized spacial score (nSPS) is 23.7. The largest absolute Gasteiger partial charge is 0.349 e. The van der Waals surface area contributed by atoms with Gasteiger partial charge in [0.25, 0.3) is 5.91 Å². The van der Waals surface area contributed by atoms with Crippen LogP contribution in [0, 0.1) is 0 Å². The third-order valence-corrected chi connectivity index (χ3v) is 4.86. The van der Waals surface area contributed by atoms with Crippen LogP contribution in [0.2, 0.25) is 0 Å². The number of rotatable bonds is 3. The van der Waals surface area contributed by atoms with Crippen molar-refractivity contribution in [1.82, 2.24) is 10.6 Å². The molecule has 1 atom stereocenters. The highest BCUT2D eigenvalue weighted by molar-refractivity contribution is 5.94. The van der Waals surface area contributed by atoms with Gasteiger partial charge in [0.15, 0.2) is 0 Å². The monoisotopic (exact) mass is 286 g/mol. The molecule has 1 saturated carbocycles. The van der Waals surface area contributed by atoms with Crippen LogP contribution in [0.25, 0.3) is 0 Å². The maximum Gasteiger partial charge on any atom is 0.251 e. The van der Waals surface area contributed by atoms with E-state index in [-0.39, 0.29) is 5.91 Å². The predicted octanol–water partition coefficient (Wildman–Crippen LogP) is 3.22. The van der Waals surface area contributed by atoms with E-state index in [4.69, 9.17) is 0 Å². The van der Waals surface area contributed by atoms with E-state index >= 15 is 0 Å². The number of hydrogen-bond acceptors (Lipinski definition) is 2. The summed E-state index contributed by atoms with van der Waals surface area (Å²) in [6.07, 6.45) is 8.54. The van der Waals surface area contributed by atoms with Gasteiger partial charge in [-0.25, -0.2) is 0 Å². The first-order chi connectivity index (χ1) is 10.3. The Hall–Kier alpha value is -1.35. The first-order valence-corrected chi connectivity index (χ1v) is 8.44. The van der Waals surface area contributed by atoms with Crippen LogP contribution in [0.4, 0.5) is 0 Å². The molecule has 3 nitrogen and oxygen atoms in total. The Morgan fingerprint density at radius 1 is 1.10 bits per heavy atom. The summed E-state index contributed by atoms with van der Waals surface area (Å²) >= 11 is 0. The number of hydrogen-bond donors (Lipinski definition) is 2. The molecule has 1 amide bonds. The Morgan fingerprint density at radius 2 is 1.95 bits per heavy atom. The second-order valence-corrected chi connectivity index (χ2v) is 6.48. The van der Waals surface area contributed by atoms with Gasteiger partial charge in [0.05, 0.1) is 0 Å². The fourth-order valence-electron chi connectivity index (χ4n) is 3.59. The van der Waals surface area contributed by atoms with Gasteiger partial charge in [-0.3, -0.25) is 4.79 Å². The SMILES string of the molecule is O=C(NC1CCCCC1)c1cccc(C2CCCNC2)c1. The van der Waals surface area contributed by atoms with E-state index in [0.29, 0.717) is 12.0 Å². The topological polar surface area (TPSA) is 41.1 Å². The highest BCUT2D eigenvalue weighted by Gasteiger charge is 2.19. The maximum atomic E-state index is 12.4. The molecule has 1 aliphatic heterocycles. The molecule has 0 radical (unpaired) electrons. The van der Waals surface area contributed by atoms with Gasteiger partial charge in [-0.1, -0.05) is 31.4 Å². The molecule has 21 heavy (non-hydrogen) atoms. The molecule has 0 spiro atoms. The fraction of sp³-hybridized carbons (Fsp3) is 0.611. The third kappa shape index (κ3) is 3.85. The molecule has 1 aromatic rings. The Kier molecular flexibility index (Phi) is 4.91. The number of nitrogens with one attached hydrogen (secondary N) is 2. The lowest BCUT2D eigenvalue weighted by molar-refractivity contribution is 0.0927. The van der Waals surface area contributed by atoms with E-state index in [0.717, 1.165) is 31.5 Å². The molecule has 0 bridgehead atoms. The minimum Gasteiger partial charge on any atom is -0.349 e. The van der Waals surface area contributed by atoms with Crippen molar-refractivity contribution < 1.29 is 4.79 Å². The van der Waals surface area contributed by atoms with Gasteiger partial charge in [-0.2, -0.15) is 0 Å². The third-order valence-electron chi connectivity index (χ3n) is 4.86. The quantitative estimate of drug-likeness (QED) is 0.896. The molecule has 0 aromatic heterocycles. The van der Waals surface area contributed by atoms with Crippen molar-refractivity contribution in [2.45, 2.75) is 56.9 Å². The van der Waals surface area contributed by atoms with E-state index in [1.807, 2.05) is 12.1 Å². The first kappa shape index (κ1) is 14.6. The minimum absolute atomic E-state index is 0.104. The lowest BCUT2D eigenvalue weighted by Crippen LogP contribution is -2.36. The van der Waals surface area contributed by atoms with E-state index in [2.05, 4.69) is 22.8 Å². The van der Waals surface area contributed by atoms with E-state index in [9.17, 15) is 4.79 Å².